The van der Waals surface area contributed by atoms with Crippen molar-refractivity contribution in [2.75, 3.05) is 0 Å². The Labute approximate surface area is 107 Å². The van der Waals surface area contributed by atoms with E-state index in [0.717, 1.165) is 5.56 Å². The van der Waals surface area contributed by atoms with E-state index in [1.54, 1.807) is 30.5 Å². The Morgan fingerprint density at radius 2 is 1.88 bits per heavy atom. The van der Waals surface area contributed by atoms with Crippen LogP contribution in [0.4, 0.5) is 0 Å². The van der Waals surface area contributed by atoms with Gasteiger partial charge in [-0.15, -0.1) is 0 Å². The van der Waals surface area contributed by atoms with Gasteiger partial charge in [0.05, 0.1) is 6.21 Å². The molecule has 0 atom stereocenters. The molecule has 0 unspecified atom stereocenters. The molecule has 1 aromatic carbocycles. The summed E-state index contributed by atoms with van der Waals surface area (Å²) in [5.41, 5.74) is 3.53. The number of hydrazone groups is 1. The molecule has 0 aromatic heterocycles. The van der Waals surface area contributed by atoms with Crippen LogP contribution in [0.3, 0.4) is 0 Å². The summed E-state index contributed by atoms with van der Waals surface area (Å²) in [4.78, 5) is 0. The fourth-order valence-electron chi connectivity index (χ4n) is 1.09. The molecule has 0 fully saturated rings. The third-order valence-electron chi connectivity index (χ3n) is 1.76. The van der Waals surface area contributed by atoms with Gasteiger partial charge in [-0.1, -0.05) is 0 Å². The molecular formula is C12H17N3OS. The molecular weight excluding hydrogens is 234 g/mol. The third kappa shape index (κ3) is 5.87. The van der Waals surface area contributed by atoms with Crippen LogP contribution in [0.2, 0.25) is 0 Å². The average molecular weight is 251 g/mol. The maximum Gasteiger partial charge on any atom is 0.187 e. The number of phenolic OH excluding ortho intramolecular Hbond substituents is 1. The summed E-state index contributed by atoms with van der Waals surface area (Å²) < 4.78 is 0. The summed E-state index contributed by atoms with van der Waals surface area (Å²) in [6.07, 6.45) is 1.64. The molecule has 0 aliphatic heterocycles. The molecule has 0 saturated heterocycles. The van der Waals surface area contributed by atoms with Gasteiger partial charge in [-0.25, -0.2) is 0 Å². The molecule has 3 N–H and O–H groups in total. The maximum absolute atomic E-state index is 9.11. The van der Waals surface area contributed by atoms with Crippen molar-refractivity contribution < 1.29 is 5.11 Å². The van der Waals surface area contributed by atoms with E-state index in [4.69, 9.17) is 17.3 Å². The molecule has 92 valence electrons. The smallest absolute Gasteiger partial charge is 0.187 e. The summed E-state index contributed by atoms with van der Waals surface area (Å²) in [6.45, 7) is 6.06. The molecule has 0 heterocycles. The molecule has 0 spiro atoms. The monoisotopic (exact) mass is 251 g/mol. The molecule has 1 rings (SSSR count). The first kappa shape index (κ1) is 13.4. The Hall–Kier alpha value is -1.62. The van der Waals surface area contributed by atoms with Gasteiger partial charge < -0.3 is 10.4 Å². The number of hydrogen-bond acceptors (Lipinski definition) is 3. The van der Waals surface area contributed by atoms with E-state index in [1.165, 1.54) is 0 Å². The van der Waals surface area contributed by atoms with Crippen molar-refractivity contribution in [2.24, 2.45) is 5.10 Å². The highest BCUT2D eigenvalue weighted by Crippen LogP contribution is 2.07. The second kappa shape index (κ2) is 5.63. The van der Waals surface area contributed by atoms with Gasteiger partial charge in [-0.2, -0.15) is 5.10 Å². The minimum absolute atomic E-state index is 0.0852. The highest BCUT2D eigenvalue weighted by molar-refractivity contribution is 7.80. The van der Waals surface area contributed by atoms with Crippen LogP contribution in [0.1, 0.15) is 26.3 Å². The van der Waals surface area contributed by atoms with E-state index < -0.39 is 0 Å². The molecule has 17 heavy (non-hydrogen) atoms. The Morgan fingerprint density at radius 1 is 1.29 bits per heavy atom. The average Bonchev–Trinajstić information content (AvgIpc) is 2.18. The first-order valence-electron chi connectivity index (χ1n) is 5.27. The zero-order valence-electron chi connectivity index (χ0n) is 10.2. The number of phenols is 1. The van der Waals surface area contributed by atoms with Gasteiger partial charge in [0.1, 0.15) is 5.75 Å². The number of nitrogens with zero attached hydrogens (tertiary/aromatic N) is 1. The van der Waals surface area contributed by atoms with Crippen LogP contribution < -0.4 is 10.7 Å². The predicted octanol–water partition coefficient (Wildman–Crippen LogP) is 1.99. The molecule has 0 saturated carbocycles. The molecule has 0 aliphatic carbocycles. The lowest BCUT2D eigenvalue weighted by Crippen LogP contribution is -2.44. The van der Waals surface area contributed by atoms with Crippen molar-refractivity contribution in [3.8, 4) is 5.75 Å². The summed E-state index contributed by atoms with van der Waals surface area (Å²) >= 11 is 5.06. The van der Waals surface area contributed by atoms with Crippen LogP contribution in [-0.2, 0) is 0 Å². The van der Waals surface area contributed by atoms with Gasteiger partial charge in [-0.3, -0.25) is 5.43 Å². The Balaban J connectivity index is 2.45. The second-order valence-corrected chi connectivity index (χ2v) is 5.07. The molecule has 4 nitrogen and oxygen atoms in total. The van der Waals surface area contributed by atoms with E-state index in [-0.39, 0.29) is 11.3 Å². The first-order chi connectivity index (χ1) is 7.87. The van der Waals surface area contributed by atoms with Crippen LogP contribution in [0.25, 0.3) is 0 Å². The van der Waals surface area contributed by atoms with E-state index >= 15 is 0 Å². The van der Waals surface area contributed by atoms with Gasteiger partial charge >= 0.3 is 0 Å². The van der Waals surface area contributed by atoms with Crippen LogP contribution in [0.5, 0.6) is 5.75 Å². The molecule has 5 heteroatoms. The topological polar surface area (TPSA) is 56.7 Å². The number of thiocarbonyl (C=S) groups is 1. The van der Waals surface area contributed by atoms with Gasteiger partial charge in [0.25, 0.3) is 0 Å². The lowest BCUT2D eigenvalue weighted by Gasteiger charge is -2.21. The molecule has 1 aromatic rings. The summed E-state index contributed by atoms with van der Waals surface area (Å²) in [6, 6.07) is 6.74. The van der Waals surface area contributed by atoms with Crippen molar-refractivity contribution >= 4 is 23.5 Å². The third-order valence-corrected chi connectivity index (χ3v) is 1.95. The van der Waals surface area contributed by atoms with Gasteiger partial charge in [-0.05, 0) is 62.8 Å². The van der Waals surface area contributed by atoms with Crippen molar-refractivity contribution in [3.63, 3.8) is 0 Å². The van der Waals surface area contributed by atoms with Gasteiger partial charge in [0, 0.05) is 5.54 Å². The van der Waals surface area contributed by atoms with E-state index in [1.807, 2.05) is 20.8 Å². The molecule has 0 radical (unpaired) electrons. The van der Waals surface area contributed by atoms with Crippen LogP contribution in [0, 0.1) is 0 Å². The fourth-order valence-corrected chi connectivity index (χ4v) is 1.45. The van der Waals surface area contributed by atoms with Crippen LogP contribution >= 0.6 is 12.2 Å². The number of rotatable bonds is 2. The SMILES string of the molecule is CC(C)(C)NC(=S)NN=Cc1ccc(O)cc1. The van der Waals surface area contributed by atoms with Gasteiger partial charge in [0.2, 0.25) is 0 Å². The van der Waals surface area contributed by atoms with E-state index in [2.05, 4.69) is 15.8 Å². The van der Waals surface area contributed by atoms with Crippen molar-refractivity contribution in [1.82, 2.24) is 10.7 Å². The van der Waals surface area contributed by atoms with Crippen LogP contribution in [0.15, 0.2) is 29.4 Å². The normalized spacial score (nSPS) is 11.5. The molecule has 0 amide bonds. The first-order valence-corrected chi connectivity index (χ1v) is 5.68. The summed E-state index contributed by atoms with van der Waals surface area (Å²) in [5, 5.41) is 16.7. The number of aromatic hydroxyl groups is 1. The lowest BCUT2D eigenvalue weighted by molar-refractivity contribution is 0.475. The van der Waals surface area contributed by atoms with Gasteiger partial charge in [0.15, 0.2) is 5.11 Å². The van der Waals surface area contributed by atoms with Crippen molar-refractivity contribution in [1.29, 1.82) is 0 Å². The zero-order valence-corrected chi connectivity index (χ0v) is 11.0. The lowest BCUT2D eigenvalue weighted by atomic mass is 10.1. The van der Waals surface area contributed by atoms with Crippen molar-refractivity contribution in [2.45, 2.75) is 26.3 Å². The maximum atomic E-state index is 9.11. The second-order valence-electron chi connectivity index (χ2n) is 4.67. The number of nitrogens with one attached hydrogen (secondary N) is 2. The number of benzene rings is 1. The highest BCUT2D eigenvalue weighted by atomic mass is 32.1. The summed E-state index contributed by atoms with van der Waals surface area (Å²) in [7, 11) is 0. The Bertz CT molecular complexity index is 407. The Morgan fingerprint density at radius 3 is 2.41 bits per heavy atom. The zero-order chi connectivity index (χ0) is 12.9. The summed E-state index contributed by atoms with van der Waals surface area (Å²) in [5.74, 6) is 0.236. The minimum Gasteiger partial charge on any atom is -0.508 e. The standard InChI is InChI=1S/C12H17N3OS/c1-12(2,3)14-11(17)15-13-8-9-4-6-10(16)7-5-9/h4-8,16H,1-3H3,(H2,14,15,17). The fraction of sp³-hybridized carbons (Fsp3) is 0.333. The predicted molar refractivity (Wildman–Crippen MR) is 74.3 cm³/mol. The quantitative estimate of drug-likeness (QED) is 0.427. The molecule has 0 bridgehead atoms. The van der Waals surface area contributed by atoms with Crippen LogP contribution in [-0.4, -0.2) is 22.0 Å². The Kier molecular flexibility index (Phi) is 4.45. The highest BCUT2D eigenvalue weighted by Gasteiger charge is 2.09. The van der Waals surface area contributed by atoms with E-state index in [9.17, 15) is 0 Å². The van der Waals surface area contributed by atoms with E-state index in [0.29, 0.717) is 5.11 Å². The van der Waals surface area contributed by atoms with Crippen molar-refractivity contribution in [3.05, 3.63) is 29.8 Å². The molecule has 0 aliphatic rings. The number of hydrogen-bond donors (Lipinski definition) is 3. The minimum atomic E-state index is -0.0852. The largest absolute Gasteiger partial charge is 0.508 e.